The first-order valence-corrected chi connectivity index (χ1v) is 9.37. The number of benzene rings is 2. The average molecular weight is 366 g/mol. The minimum absolute atomic E-state index is 0.0370. The summed E-state index contributed by atoms with van der Waals surface area (Å²) in [6.45, 7) is 5.71. The predicted octanol–water partition coefficient (Wildman–Crippen LogP) is 3.54. The quantitative estimate of drug-likeness (QED) is 0.820. The third kappa shape index (κ3) is 4.74. The number of aryl methyl sites for hydroxylation is 1. The van der Waals surface area contributed by atoms with E-state index >= 15 is 0 Å². The molecule has 1 fully saturated rings. The van der Waals surface area contributed by atoms with Gasteiger partial charge in [0.25, 0.3) is 0 Å². The second-order valence-corrected chi connectivity index (χ2v) is 7.27. The maximum atomic E-state index is 12.8. The summed E-state index contributed by atoms with van der Waals surface area (Å²) in [6.07, 6.45) is 1.88. The lowest BCUT2D eigenvalue weighted by atomic mass is 10.1. The minimum Gasteiger partial charge on any atom is -0.478 e. The minimum atomic E-state index is -0.948. The zero-order valence-electron chi connectivity index (χ0n) is 15.8. The van der Waals surface area contributed by atoms with E-state index in [1.165, 1.54) is 11.1 Å². The van der Waals surface area contributed by atoms with Crippen molar-refractivity contribution < 1.29 is 14.7 Å². The number of carboxylic acids is 1. The average Bonchev–Trinajstić information content (AvgIpc) is 3.10. The molecule has 27 heavy (non-hydrogen) atoms. The van der Waals surface area contributed by atoms with Crippen LogP contribution in [0.4, 0.5) is 0 Å². The third-order valence-electron chi connectivity index (χ3n) is 5.15. The van der Waals surface area contributed by atoms with Gasteiger partial charge < -0.3 is 10.4 Å². The normalized spacial score (nSPS) is 18.2. The van der Waals surface area contributed by atoms with E-state index < -0.39 is 5.97 Å². The first-order chi connectivity index (χ1) is 12.9. The summed E-state index contributed by atoms with van der Waals surface area (Å²) in [5.41, 5.74) is 3.60. The number of amides is 1. The highest BCUT2D eigenvalue weighted by atomic mass is 16.4. The molecule has 0 saturated carbocycles. The highest BCUT2D eigenvalue weighted by Crippen LogP contribution is 2.22. The molecule has 3 rings (SSSR count). The summed E-state index contributed by atoms with van der Waals surface area (Å²) >= 11 is 0. The van der Waals surface area contributed by atoms with Crippen molar-refractivity contribution in [1.82, 2.24) is 10.2 Å². The standard InChI is InChI=1S/C22H26N2O3/c1-15-5-3-6-17(13-15)14-24-12-4-7-20(24)21(25)23-16(2)18-8-10-19(11-9-18)22(26)27/h3,5-6,8-11,13,16,20H,4,7,12,14H2,1-2H3,(H,23,25)(H,26,27)/t16-,20?/m0/s1. The molecule has 1 saturated heterocycles. The largest absolute Gasteiger partial charge is 0.478 e. The van der Waals surface area contributed by atoms with Crippen LogP contribution in [0, 0.1) is 6.92 Å². The van der Waals surface area contributed by atoms with Gasteiger partial charge in [-0.15, -0.1) is 0 Å². The summed E-state index contributed by atoms with van der Waals surface area (Å²) < 4.78 is 0. The van der Waals surface area contributed by atoms with Crippen molar-refractivity contribution in [1.29, 1.82) is 0 Å². The Labute approximate surface area is 160 Å². The molecule has 0 aliphatic carbocycles. The van der Waals surface area contributed by atoms with Crippen LogP contribution < -0.4 is 5.32 Å². The third-order valence-corrected chi connectivity index (χ3v) is 5.15. The van der Waals surface area contributed by atoms with Crippen LogP contribution in [0.5, 0.6) is 0 Å². The highest BCUT2D eigenvalue weighted by Gasteiger charge is 2.31. The first-order valence-electron chi connectivity index (χ1n) is 9.37. The van der Waals surface area contributed by atoms with E-state index in [4.69, 9.17) is 5.11 Å². The van der Waals surface area contributed by atoms with Crippen molar-refractivity contribution >= 4 is 11.9 Å². The Morgan fingerprint density at radius 3 is 2.63 bits per heavy atom. The van der Waals surface area contributed by atoms with Gasteiger partial charge >= 0.3 is 5.97 Å². The van der Waals surface area contributed by atoms with Crippen molar-refractivity contribution in [2.45, 2.75) is 45.3 Å². The lowest BCUT2D eigenvalue weighted by Crippen LogP contribution is -2.43. The molecule has 2 aromatic rings. The summed E-state index contributed by atoms with van der Waals surface area (Å²) in [6, 6.07) is 14.8. The van der Waals surface area contributed by atoms with Crippen LogP contribution in [-0.4, -0.2) is 34.5 Å². The van der Waals surface area contributed by atoms with Crippen molar-refractivity contribution in [2.75, 3.05) is 6.54 Å². The number of carbonyl (C=O) groups excluding carboxylic acids is 1. The number of hydrogen-bond donors (Lipinski definition) is 2. The number of rotatable bonds is 6. The fourth-order valence-electron chi connectivity index (χ4n) is 3.66. The van der Waals surface area contributed by atoms with Crippen molar-refractivity contribution in [3.05, 3.63) is 70.8 Å². The Morgan fingerprint density at radius 2 is 1.96 bits per heavy atom. The molecule has 5 nitrogen and oxygen atoms in total. The summed E-state index contributed by atoms with van der Waals surface area (Å²) in [7, 11) is 0. The second-order valence-electron chi connectivity index (χ2n) is 7.27. The van der Waals surface area contributed by atoms with E-state index in [1.54, 1.807) is 24.3 Å². The van der Waals surface area contributed by atoms with E-state index in [0.29, 0.717) is 0 Å². The molecule has 1 unspecified atom stereocenters. The molecule has 1 heterocycles. The number of likely N-dealkylation sites (tertiary alicyclic amines) is 1. The fourth-order valence-corrected chi connectivity index (χ4v) is 3.66. The van der Waals surface area contributed by atoms with Crippen LogP contribution in [-0.2, 0) is 11.3 Å². The van der Waals surface area contributed by atoms with Gasteiger partial charge in [-0.05, 0) is 56.5 Å². The number of nitrogens with zero attached hydrogens (tertiary/aromatic N) is 1. The summed E-state index contributed by atoms with van der Waals surface area (Å²) in [5.74, 6) is -0.911. The van der Waals surface area contributed by atoms with Gasteiger partial charge in [0.1, 0.15) is 0 Å². The SMILES string of the molecule is Cc1cccc(CN2CCCC2C(=O)N[C@@H](C)c2ccc(C(=O)O)cc2)c1. The van der Waals surface area contributed by atoms with E-state index in [0.717, 1.165) is 31.5 Å². The van der Waals surface area contributed by atoms with Gasteiger partial charge in [-0.25, -0.2) is 4.79 Å². The van der Waals surface area contributed by atoms with Crippen LogP contribution in [0.15, 0.2) is 48.5 Å². The molecule has 142 valence electrons. The maximum Gasteiger partial charge on any atom is 0.335 e. The van der Waals surface area contributed by atoms with Gasteiger partial charge in [-0.1, -0.05) is 42.0 Å². The van der Waals surface area contributed by atoms with Gasteiger partial charge in [0.15, 0.2) is 0 Å². The number of carboxylic acid groups (broad SMARTS) is 1. The van der Waals surface area contributed by atoms with Crippen LogP contribution >= 0.6 is 0 Å². The fraction of sp³-hybridized carbons (Fsp3) is 0.364. The molecule has 5 heteroatoms. The Morgan fingerprint density at radius 1 is 1.22 bits per heavy atom. The predicted molar refractivity (Wildman–Crippen MR) is 105 cm³/mol. The molecule has 0 spiro atoms. The zero-order valence-corrected chi connectivity index (χ0v) is 15.8. The molecule has 1 amide bonds. The highest BCUT2D eigenvalue weighted by molar-refractivity contribution is 5.87. The first kappa shape index (κ1) is 19.1. The van der Waals surface area contributed by atoms with E-state index in [9.17, 15) is 9.59 Å². The maximum absolute atomic E-state index is 12.8. The van der Waals surface area contributed by atoms with Gasteiger partial charge in [0.05, 0.1) is 17.6 Å². The number of hydrogen-bond acceptors (Lipinski definition) is 3. The lowest BCUT2D eigenvalue weighted by Gasteiger charge is -2.25. The smallest absolute Gasteiger partial charge is 0.335 e. The van der Waals surface area contributed by atoms with E-state index in [-0.39, 0.29) is 23.6 Å². The molecule has 0 aromatic heterocycles. The molecule has 2 atom stereocenters. The van der Waals surface area contributed by atoms with Gasteiger partial charge in [-0.3, -0.25) is 9.69 Å². The Hall–Kier alpha value is -2.66. The molecule has 0 radical (unpaired) electrons. The molecule has 2 N–H and O–H groups in total. The Kier molecular flexibility index (Phi) is 5.91. The van der Waals surface area contributed by atoms with Crippen molar-refractivity contribution in [3.8, 4) is 0 Å². The Balaban J connectivity index is 1.62. The van der Waals surface area contributed by atoms with Gasteiger partial charge in [-0.2, -0.15) is 0 Å². The van der Waals surface area contributed by atoms with Crippen LogP contribution in [0.25, 0.3) is 0 Å². The number of nitrogens with one attached hydrogen (secondary N) is 1. The molecular formula is C22H26N2O3. The van der Waals surface area contributed by atoms with E-state index in [1.807, 2.05) is 6.92 Å². The van der Waals surface area contributed by atoms with Crippen LogP contribution in [0.2, 0.25) is 0 Å². The topological polar surface area (TPSA) is 69.6 Å². The zero-order chi connectivity index (χ0) is 19.4. The number of carbonyl (C=O) groups is 2. The monoisotopic (exact) mass is 366 g/mol. The second kappa shape index (κ2) is 8.35. The summed E-state index contributed by atoms with van der Waals surface area (Å²) in [4.78, 5) is 26.0. The Bertz CT molecular complexity index is 817. The van der Waals surface area contributed by atoms with Gasteiger partial charge in [0, 0.05) is 6.54 Å². The molecule has 1 aliphatic heterocycles. The molecular weight excluding hydrogens is 340 g/mol. The molecule has 1 aliphatic rings. The van der Waals surface area contributed by atoms with E-state index in [2.05, 4.69) is 41.4 Å². The number of aromatic carboxylic acids is 1. The lowest BCUT2D eigenvalue weighted by molar-refractivity contribution is -0.126. The molecule has 0 bridgehead atoms. The van der Waals surface area contributed by atoms with Crippen LogP contribution in [0.3, 0.4) is 0 Å². The van der Waals surface area contributed by atoms with Crippen molar-refractivity contribution in [2.24, 2.45) is 0 Å². The summed E-state index contributed by atoms with van der Waals surface area (Å²) in [5, 5.41) is 12.1. The van der Waals surface area contributed by atoms with Gasteiger partial charge in [0.2, 0.25) is 5.91 Å². The van der Waals surface area contributed by atoms with Crippen molar-refractivity contribution in [3.63, 3.8) is 0 Å². The molecule has 2 aromatic carbocycles. The van der Waals surface area contributed by atoms with Crippen LogP contribution in [0.1, 0.15) is 52.9 Å².